The highest BCUT2D eigenvalue weighted by atomic mass is 19.1. The van der Waals surface area contributed by atoms with Crippen LogP contribution in [0.2, 0.25) is 0 Å². The Bertz CT molecular complexity index is 1680. The zero-order valence-electron chi connectivity index (χ0n) is 22.2. The second-order valence-electron chi connectivity index (χ2n) is 10.2. The maximum atomic E-state index is 14.9. The number of pyridine rings is 2. The van der Waals surface area contributed by atoms with Gasteiger partial charge in [0.1, 0.15) is 11.6 Å². The normalized spacial score (nSPS) is 12.9. The van der Waals surface area contributed by atoms with Crippen LogP contribution in [0.15, 0.2) is 61.1 Å². The fourth-order valence-electron chi connectivity index (χ4n) is 4.06. The Morgan fingerprint density at radius 3 is 2.50 bits per heavy atom. The van der Waals surface area contributed by atoms with Crippen molar-refractivity contribution in [1.82, 2.24) is 19.9 Å². The molecule has 0 spiro atoms. The van der Waals surface area contributed by atoms with Crippen LogP contribution in [0.4, 0.5) is 15.9 Å². The van der Waals surface area contributed by atoms with Crippen molar-refractivity contribution in [3.05, 3.63) is 83.7 Å². The van der Waals surface area contributed by atoms with Gasteiger partial charge >= 0.3 is 0 Å². The first-order valence-corrected chi connectivity index (χ1v) is 12.7. The molecule has 4 aromatic rings. The summed E-state index contributed by atoms with van der Waals surface area (Å²) in [5, 5.41) is 14.9. The van der Waals surface area contributed by atoms with E-state index in [1.165, 1.54) is 30.5 Å². The molecule has 9 nitrogen and oxygen atoms in total. The predicted octanol–water partition coefficient (Wildman–Crippen LogP) is 5.45. The average molecular weight is 536 g/mol. The van der Waals surface area contributed by atoms with Gasteiger partial charge in [0.05, 0.1) is 28.6 Å². The van der Waals surface area contributed by atoms with E-state index in [4.69, 9.17) is 0 Å². The van der Waals surface area contributed by atoms with Crippen molar-refractivity contribution in [3.63, 3.8) is 0 Å². The van der Waals surface area contributed by atoms with Gasteiger partial charge in [-0.25, -0.2) is 19.3 Å². The largest absolute Gasteiger partial charge is 0.319 e. The lowest BCUT2D eigenvalue weighted by Gasteiger charge is -2.15. The summed E-state index contributed by atoms with van der Waals surface area (Å²) in [5.74, 6) is -0.359. The Kier molecular flexibility index (Phi) is 7.05. The number of carbonyl (C=O) groups excluding carboxylic acids is 2. The minimum atomic E-state index is -0.890. The summed E-state index contributed by atoms with van der Waals surface area (Å²) in [6.07, 6.45) is 6.42. The fourth-order valence-corrected chi connectivity index (χ4v) is 4.06. The van der Waals surface area contributed by atoms with Crippen LogP contribution in [0.25, 0.3) is 22.6 Å². The number of carbonyl (C=O) groups is 2. The van der Waals surface area contributed by atoms with Gasteiger partial charge in [0.2, 0.25) is 5.91 Å². The molecule has 0 atom stereocenters. The molecular formula is C30H26FN7O2. The molecule has 40 heavy (non-hydrogen) atoms. The number of benzene rings is 1. The van der Waals surface area contributed by atoms with Gasteiger partial charge in [-0.2, -0.15) is 5.26 Å². The van der Waals surface area contributed by atoms with Gasteiger partial charge < -0.3 is 10.6 Å². The number of hydrogen-bond acceptors (Lipinski definition) is 7. The Morgan fingerprint density at radius 1 is 1.00 bits per heavy atom. The number of nitriles is 1. The highest BCUT2D eigenvalue weighted by Gasteiger charge is 2.30. The minimum absolute atomic E-state index is 0.0357. The molecule has 1 fully saturated rings. The van der Waals surface area contributed by atoms with Crippen molar-refractivity contribution in [2.75, 3.05) is 10.6 Å². The molecule has 1 saturated carbocycles. The molecule has 3 heterocycles. The Balaban J connectivity index is 1.42. The number of aryl methyl sites for hydroxylation is 1. The SMILES string of the molecule is Cc1cc(F)c(NC(=O)c2ccnc(C(C)(C)C#N)c2)cc1-c1nccc(-c2ccnc(NC(=O)C3CC3)c2)n1. The topological polar surface area (TPSA) is 134 Å². The highest BCUT2D eigenvalue weighted by Crippen LogP contribution is 2.31. The molecular weight excluding hydrogens is 509 g/mol. The molecule has 0 aliphatic heterocycles. The van der Waals surface area contributed by atoms with Crippen molar-refractivity contribution >= 4 is 23.3 Å². The molecule has 5 rings (SSSR count). The van der Waals surface area contributed by atoms with Crippen molar-refractivity contribution in [2.45, 2.75) is 39.0 Å². The molecule has 0 radical (unpaired) electrons. The van der Waals surface area contributed by atoms with Crippen LogP contribution in [0, 0.1) is 30.0 Å². The Hall–Kier alpha value is -5.04. The van der Waals surface area contributed by atoms with E-state index in [0.29, 0.717) is 34.2 Å². The lowest BCUT2D eigenvalue weighted by Crippen LogP contribution is -2.19. The van der Waals surface area contributed by atoms with E-state index in [1.54, 1.807) is 51.4 Å². The summed E-state index contributed by atoms with van der Waals surface area (Å²) in [4.78, 5) is 42.6. The third-order valence-electron chi connectivity index (χ3n) is 6.66. The van der Waals surface area contributed by atoms with Crippen molar-refractivity contribution in [3.8, 4) is 28.7 Å². The first-order chi connectivity index (χ1) is 19.1. The molecule has 10 heteroatoms. The van der Waals surface area contributed by atoms with Crippen LogP contribution in [0.3, 0.4) is 0 Å². The van der Waals surface area contributed by atoms with Crippen LogP contribution in [0.1, 0.15) is 48.3 Å². The van der Waals surface area contributed by atoms with Crippen LogP contribution in [-0.2, 0) is 10.2 Å². The second-order valence-corrected chi connectivity index (χ2v) is 10.2. The molecule has 2 N–H and O–H groups in total. The van der Waals surface area contributed by atoms with Gasteiger partial charge in [0, 0.05) is 41.2 Å². The Morgan fingerprint density at radius 2 is 1.75 bits per heavy atom. The standard InChI is InChI=1S/C30H26FN7O2/c1-17-12-22(31)24(37-29(40)20-7-9-33-25(13-20)30(2,3)16-32)15-21(17)27-35-11-8-23(36-27)19-6-10-34-26(14-19)38-28(39)18-4-5-18/h6-15,18H,4-5H2,1-3H3,(H,37,40)(H,34,38,39). The quantitative estimate of drug-likeness (QED) is 0.321. The summed E-state index contributed by atoms with van der Waals surface area (Å²) >= 11 is 0. The molecule has 200 valence electrons. The molecule has 1 aliphatic carbocycles. The number of rotatable bonds is 7. The number of hydrogen-bond donors (Lipinski definition) is 2. The van der Waals surface area contributed by atoms with Crippen molar-refractivity contribution in [2.24, 2.45) is 5.92 Å². The first-order valence-electron chi connectivity index (χ1n) is 12.7. The highest BCUT2D eigenvalue weighted by molar-refractivity contribution is 6.04. The van der Waals surface area contributed by atoms with E-state index in [0.717, 1.165) is 18.4 Å². The van der Waals surface area contributed by atoms with E-state index >= 15 is 0 Å². The monoisotopic (exact) mass is 535 g/mol. The minimum Gasteiger partial charge on any atom is -0.319 e. The van der Waals surface area contributed by atoms with Gasteiger partial charge in [-0.05, 0) is 81.6 Å². The molecule has 3 aromatic heterocycles. The maximum Gasteiger partial charge on any atom is 0.255 e. The summed E-state index contributed by atoms with van der Waals surface area (Å²) in [5.41, 5.74) is 2.20. The van der Waals surface area contributed by atoms with Crippen LogP contribution in [0.5, 0.6) is 0 Å². The zero-order chi connectivity index (χ0) is 28.4. The van der Waals surface area contributed by atoms with E-state index in [2.05, 4.69) is 36.6 Å². The van der Waals surface area contributed by atoms with E-state index in [1.807, 2.05) is 0 Å². The molecule has 0 saturated heterocycles. The third-order valence-corrected chi connectivity index (χ3v) is 6.66. The Labute approximate surface area is 230 Å². The number of amides is 2. The number of halogens is 1. The number of anilines is 2. The van der Waals surface area contributed by atoms with E-state index in [9.17, 15) is 19.2 Å². The van der Waals surface area contributed by atoms with Crippen LogP contribution < -0.4 is 10.6 Å². The molecule has 0 bridgehead atoms. The van der Waals surface area contributed by atoms with Crippen LogP contribution in [-0.4, -0.2) is 31.8 Å². The van der Waals surface area contributed by atoms with Crippen LogP contribution >= 0.6 is 0 Å². The number of nitrogens with one attached hydrogen (secondary N) is 2. The summed E-state index contributed by atoms with van der Waals surface area (Å²) in [7, 11) is 0. The fraction of sp³-hybridized carbons (Fsp3) is 0.233. The first kappa shape index (κ1) is 26.6. The molecule has 1 aliphatic rings. The maximum absolute atomic E-state index is 14.9. The summed E-state index contributed by atoms with van der Waals surface area (Å²) in [6.45, 7) is 5.14. The predicted molar refractivity (Wildman–Crippen MR) is 148 cm³/mol. The lowest BCUT2D eigenvalue weighted by molar-refractivity contribution is -0.117. The average Bonchev–Trinajstić information content (AvgIpc) is 3.81. The lowest BCUT2D eigenvalue weighted by atomic mass is 9.90. The number of aromatic nitrogens is 4. The third kappa shape index (κ3) is 5.68. The van der Waals surface area contributed by atoms with Gasteiger partial charge in [0.25, 0.3) is 5.91 Å². The van der Waals surface area contributed by atoms with E-state index in [-0.39, 0.29) is 23.1 Å². The van der Waals surface area contributed by atoms with Gasteiger partial charge in [0.15, 0.2) is 5.82 Å². The summed E-state index contributed by atoms with van der Waals surface area (Å²) < 4.78 is 14.9. The molecule has 2 amide bonds. The molecule has 1 aromatic carbocycles. The molecule has 0 unspecified atom stereocenters. The van der Waals surface area contributed by atoms with Gasteiger partial charge in [-0.15, -0.1) is 0 Å². The van der Waals surface area contributed by atoms with Crippen molar-refractivity contribution in [1.29, 1.82) is 5.26 Å². The van der Waals surface area contributed by atoms with Gasteiger partial charge in [-0.1, -0.05) is 0 Å². The second kappa shape index (κ2) is 10.6. The van der Waals surface area contributed by atoms with E-state index < -0.39 is 17.1 Å². The van der Waals surface area contributed by atoms with Crippen molar-refractivity contribution < 1.29 is 14.0 Å². The van der Waals surface area contributed by atoms with Gasteiger partial charge in [-0.3, -0.25) is 14.6 Å². The number of nitrogens with zero attached hydrogens (tertiary/aromatic N) is 5. The smallest absolute Gasteiger partial charge is 0.255 e. The zero-order valence-corrected chi connectivity index (χ0v) is 22.2. The summed E-state index contributed by atoms with van der Waals surface area (Å²) in [6, 6.07) is 13.2.